The fraction of sp³-hybridized carbons (Fsp3) is 0.409. The van der Waals surface area contributed by atoms with Crippen LogP contribution in [0.15, 0.2) is 42.5 Å². The molecule has 2 aromatic rings. The maximum Gasteiger partial charge on any atom is 0.223 e. The maximum atomic E-state index is 14.0. The van der Waals surface area contributed by atoms with E-state index in [4.69, 9.17) is 23.2 Å². The van der Waals surface area contributed by atoms with Crippen LogP contribution in [0, 0.1) is 11.7 Å². The van der Waals surface area contributed by atoms with Crippen molar-refractivity contribution < 1.29 is 9.18 Å². The first-order chi connectivity index (χ1) is 14.0. The zero-order chi connectivity index (χ0) is 20.6. The minimum absolute atomic E-state index is 0.0240. The van der Waals surface area contributed by atoms with Crippen LogP contribution in [0.4, 0.5) is 4.39 Å². The molecule has 0 spiro atoms. The Labute approximate surface area is 185 Å². The summed E-state index contributed by atoms with van der Waals surface area (Å²) in [5.74, 6) is 1.56. The van der Waals surface area contributed by atoms with E-state index in [9.17, 15) is 9.18 Å². The van der Waals surface area contributed by atoms with E-state index in [1.807, 2.05) is 24.3 Å². The molecular formula is C22H25Cl2FN2OS. The van der Waals surface area contributed by atoms with E-state index in [0.29, 0.717) is 23.7 Å². The zero-order valence-electron chi connectivity index (χ0n) is 16.2. The molecule has 0 unspecified atom stereocenters. The van der Waals surface area contributed by atoms with E-state index in [2.05, 4.69) is 10.2 Å². The van der Waals surface area contributed by atoms with Crippen molar-refractivity contribution in [1.82, 2.24) is 10.2 Å². The Kier molecular flexibility index (Phi) is 8.67. The summed E-state index contributed by atoms with van der Waals surface area (Å²) in [6.45, 7) is 2.67. The molecule has 1 aliphatic heterocycles. The Morgan fingerprint density at radius 2 is 1.83 bits per heavy atom. The summed E-state index contributed by atoms with van der Waals surface area (Å²) in [5, 5.41) is 4.29. The number of thioether (sulfide) groups is 1. The third-order valence-corrected chi connectivity index (χ3v) is 6.89. The summed E-state index contributed by atoms with van der Waals surface area (Å²) in [6, 6.07) is 12.6. The molecule has 1 fully saturated rings. The molecule has 3 nitrogen and oxygen atoms in total. The monoisotopic (exact) mass is 454 g/mol. The predicted molar refractivity (Wildman–Crippen MR) is 120 cm³/mol. The highest BCUT2D eigenvalue weighted by atomic mass is 35.5. The summed E-state index contributed by atoms with van der Waals surface area (Å²) < 4.78 is 14.0. The van der Waals surface area contributed by atoms with Crippen LogP contribution in [0.1, 0.15) is 24.0 Å². The topological polar surface area (TPSA) is 32.3 Å². The Morgan fingerprint density at radius 1 is 1.10 bits per heavy atom. The fourth-order valence-electron chi connectivity index (χ4n) is 3.45. The SMILES string of the molecule is O=C(NCCSCc1ccccc1Cl)C1CCN(Cc2c(F)cccc2Cl)CC1. The molecule has 1 amide bonds. The van der Waals surface area contributed by atoms with Gasteiger partial charge in [-0.1, -0.05) is 47.5 Å². The lowest BCUT2D eigenvalue weighted by Crippen LogP contribution is -2.40. The lowest BCUT2D eigenvalue weighted by atomic mass is 9.95. The van der Waals surface area contributed by atoms with E-state index < -0.39 is 0 Å². The highest BCUT2D eigenvalue weighted by Gasteiger charge is 2.25. The zero-order valence-corrected chi connectivity index (χ0v) is 18.5. The van der Waals surface area contributed by atoms with Crippen molar-refractivity contribution >= 4 is 40.9 Å². The molecule has 0 atom stereocenters. The molecule has 7 heteroatoms. The van der Waals surface area contributed by atoms with Crippen LogP contribution < -0.4 is 5.32 Å². The second-order valence-corrected chi connectivity index (χ2v) is 9.11. The van der Waals surface area contributed by atoms with E-state index >= 15 is 0 Å². The van der Waals surface area contributed by atoms with Crippen molar-refractivity contribution in [3.05, 3.63) is 69.5 Å². The third kappa shape index (κ3) is 6.61. The van der Waals surface area contributed by atoms with Crippen LogP contribution in [0.3, 0.4) is 0 Å². The van der Waals surface area contributed by atoms with Gasteiger partial charge < -0.3 is 5.32 Å². The minimum Gasteiger partial charge on any atom is -0.355 e. The molecule has 0 saturated carbocycles. The number of amides is 1. The number of halogens is 3. The fourth-order valence-corrected chi connectivity index (χ4v) is 4.82. The second-order valence-electron chi connectivity index (χ2n) is 7.19. The first-order valence-electron chi connectivity index (χ1n) is 9.78. The molecule has 0 aromatic heterocycles. The van der Waals surface area contributed by atoms with Crippen molar-refractivity contribution in [2.24, 2.45) is 5.92 Å². The van der Waals surface area contributed by atoms with Crippen LogP contribution in [0.25, 0.3) is 0 Å². The maximum absolute atomic E-state index is 14.0. The van der Waals surface area contributed by atoms with E-state index in [-0.39, 0.29) is 17.6 Å². The quantitative estimate of drug-likeness (QED) is 0.542. The van der Waals surface area contributed by atoms with Gasteiger partial charge in [0.15, 0.2) is 0 Å². The van der Waals surface area contributed by atoms with Gasteiger partial charge in [-0.15, -0.1) is 0 Å². The lowest BCUT2D eigenvalue weighted by Gasteiger charge is -2.31. The number of nitrogens with zero attached hydrogens (tertiary/aromatic N) is 1. The Balaban J connectivity index is 1.34. The number of likely N-dealkylation sites (tertiary alicyclic amines) is 1. The number of hydrogen-bond acceptors (Lipinski definition) is 3. The van der Waals surface area contributed by atoms with Gasteiger partial charge in [-0.05, 0) is 49.7 Å². The Bertz CT molecular complexity index is 808. The summed E-state index contributed by atoms with van der Waals surface area (Å²) in [7, 11) is 0. The molecule has 3 rings (SSSR count). The number of nitrogens with one attached hydrogen (secondary N) is 1. The molecule has 0 radical (unpaired) electrons. The molecule has 0 aliphatic carbocycles. The average molecular weight is 455 g/mol. The lowest BCUT2D eigenvalue weighted by molar-refractivity contribution is -0.126. The van der Waals surface area contributed by atoms with Crippen LogP contribution >= 0.6 is 35.0 Å². The van der Waals surface area contributed by atoms with Gasteiger partial charge in [0.1, 0.15) is 5.82 Å². The second kappa shape index (κ2) is 11.2. The molecule has 156 valence electrons. The number of carbonyl (C=O) groups excluding carboxylic acids is 1. The van der Waals surface area contributed by atoms with Crippen molar-refractivity contribution in [3.63, 3.8) is 0 Å². The Hall–Kier alpha value is -1.27. The summed E-state index contributed by atoms with van der Waals surface area (Å²) in [4.78, 5) is 14.6. The number of rotatable bonds is 8. The van der Waals surface area contributed by atoms with Gasteiger partial charge >= 0.3 is 0 Å². The first-order valence-corrected chi connectivity index (χ1v) is 11.7. The summed E-state index contributed by atoms with van der Waals surface area (Å²) in [6.07, 6.45) is 1.56. The molecular weight excluding hydrogens is 430 g/mol. The molecule has 1 N–H and O–H groups in total. The van der Waals surface area contributed by atoms with Crippen LogP contribution in [-0.4, -0.2) is 36.2 Å². The van der Waals surface area contributed by atoms with E-state index in [0.717, 1.165) is 48.0 Å². The van der Waals surface area contributed by atoms with Crippen LogP contribution in [0.2, 0.25) is 10.0 Å². The van der Waals surface area contributed by atoms with Gasteiger partial charge in [-0.3, -0.25) is 9.69 Å². The van der Waals surface area contributed by atoms with Gasteiger partial charge in [0.2, 0.25) is 5.91 Å². The van der Waals surface area contributed by atoms with Crippen molar-refractivity contribution in [1.29, 1.82) is 0 Å². The summed E-state index contributed by atoms with van der Waals surface area (Å²) >= 11 is 14.0. The van der Waals surface area contributed by atoms with Gasteiger partial charge in [0.25, 0.3) is 0 Å². The van der Waals surface area contributed by atoms with Crippen molar-refractivity contribution in [2.75, 3.05) is 25.4 Å². The number of carbonyl (C=O) groups is 1. The normalized spacial score (nSPS) is 15.4. The molecule has 2 aromatic carbocycles. The average Bonchev–Trinajstić information content (AvgIpc) is 2.72. The van der Waals surface area contributed by atoms with Gasteiger partial charge in [-0.25, -0.2) is 4.39 Å². The third-order valence-electron chi connectivity index (χ3n) is 5.16. The van der Waals surface area contributed by atoms with E-state index in [1.165, 1.54) is 6.07 Å². The number of benzene rings is 2. The van der Waals surface area contributed by atoms with Crippen LogP contribution in [0.5, 0.6) is 0 Å². The standard InChI is InChI=1S/C22H25Cl2FN2OS/c23-19-5-2-1-4-17(19)15-29-13-10-26-22(28)16-8-11-27(12-9-16)14-18-20(24)6-3-7-21(18)25/h1-7,16H,8-15H2,(H,26,28). The first kappa shape index (κ1) is 22.4. The number of piperidine rings is 1. The largest absolute Gasteiger partial charge is 0.355 e. The number of hydrogen-bond donors (Lipinski definition) is 1. The van der Waals surface area contributed by atoms with Crippen molar-refractivity contribution in [3.8, 4) is 0 Å². The molecule has 29 heavy (non-hydrogen) atoms. The van der Waals surface area contributed by atoms with Gasteiger partial charge in [0.05, 0.1) is 0 Å². The highest BCUT2D eigenvalue weighted by Crippen LogP contribution is 2.24. The minimum atomic E-state index is -0.272. The molecule has 1 heterocycles. The van der Waals surface area contributed by atoms with Crippen molar-refractivity contribution in [2.45, 2.75) is 25.1 Å². The van der Waals surface area contributed by atoms with E-state index in [1.54, 1.807) is 23.9 Å². The Morgan fingerprint density at radius 3 is 2.55 bits per heavy atom. The highest BCUT2D eigenvalue weighted by molar-refractivity contribution is 7.98. The van der Waals surface area contributed by atoms with Gasteiger partial charge in [0, 0.05) is 46.1 Å². The molecule has 0 bridgehead atoms. The summed E-state index contributed by atoms with van der Waals surface area (Å²) in [5.41, 5.74) is 1.65. The molecule has 1 saturated heterocycles. The smallest absolute Gasteiger partial charge is 0.223 e. The van der Waals surface area contributed by atoms with Gasteiger partial charge in [-0.2, -0.15) is 11.8 Å². The predicted octanol–water partition coefficient (Wildman–Crippen LogP) is 5.39. The van der Waals surface area contributed by atoms with Crippen LogP contribution in [-0.2, 0) is 17.1 Å². The molecule has 1 aliphatic rings.